The lowest BCUT2D eigenvalue weighted by Crippen LogP contribution is -1.95. The van der Waals surface area contributed by atoms with Crippen LogP contribution in [0, 0.1) is 0 Å². The monoisotopic (exact) mass is 358 g/mol. The Balaban J connectivity index is 1.99. The number of unbranched alkanes of at least 4 members (excludes halogenated alkanes) is 1. The van der Waals surface area contributed by atoms with Crippen LogP contribution in [0.2, 0.25) is 5.02 Å². The molecule has 0 aliphatic heterocycles. The van der Waals surface area contributed by atoms with Gasteiger partial charge in [-0.05, 0) is 31.0 Å². The number of benzene rings is 1. The van der Waals surface area contributed by atoms with Crippen LogP contribution in [-0.4, -0.2) is 21.3 Å². The minimum absolute atomic E-state index is 0.155. The normalized spacial score (nSPS) is 10.7. The zero-order valence-corrected chi connectivity index (χ0v) is 12.8. The Morgan fingerprint density at radius 2 is 2.10 bits per heavy atom. The first kappa shape index (κ1) is 15.0. The van der Waals surface area contributed by atoms with E-state index in [4.69, 9.17) is 21.1 Å². The van der Waals surface area contributed by atoms with E-state index in [0.29, 0.717) is 36.1 Å². The number of carboxylic acids is 1. The molecule has 1 heterocycles. The van der Waals surface area contributed by atoms with Crippen LogP contribution >= 0.6 is 27.5 Å². The topological polar surface area (TPSA) is 76.2 Å². The molecule has 0 aliphatic rings. The summed E-state index contributed by atoms with van der Waals surface area (Å²) in [5, 5.41) is 17.0. The molecule has 2 aromatic rings. The lowest BCUT2D eigenvalue weighted by molar-refractivity contribution is -0.137. The van der Waals surface area contributed by atoms with Gasteiger partial charge in [-0.2, -0.15) is 0 Å². The van der Waals surface area contributed by atoms with Crippen molar-refractivity contribution in [2.45, 2.75) is 25.7 Å². The maximum Gasteiger partial charge on any atom is 0.303 e. The second-order valence-electron chi connectivity index (χ2n) is 4.26. The molecular formula is C13H12BrClN2O3. The molecule has 0 unspecified atom stereocenters. The van der Waals surface area contributed by atoms with E-state index in [1.54, 1.807) is 12.1 Å². The number of hydrogen-bond acceptors (Lipinski definition) is 4. The Kier molecular flexibility index (Phi) is 5.14. The fourth-order valence-electron chi connectivity index (χ4n) is 1.70. The highest BCUT2D eigenvalue weighted by molar-refractivity contribution is 9.10. The van der Waals surface area contributed by atoms with E-state index in [1.807, 2.05) is 6.07 Å². The highest BCUT2D eigenvalue weighted by Gasteiger charge is 2.10. The summed E-state index contributed by atoms with van der Waals surface area (Å²) in [6.07, 6.45) is 2.02. The van der Waals surface area contributed by atoms with E-state index in [2.05, 4.69) is 26.1 Å². The van der Waals surface area contributed by atoms with Crippen molar-refractivity contribution in [1.29, 1.82) is 0 Å². The molecule has 2 rings (SSSR count). The van der Waals surface area contributed by atoms with Crippen molar-refractivity contribution >= 4 is 33.5 Å². The molecule has 106 valence electrons. The van der Waals surface area contributed by atoms with E-state index in [9.17, 15) is 4.79 Å². The molecule has 0 atom stereocenters. The lowest BCUT2D eigenvalue weighted by atomic mass is 10.2. The highest BCUT2D eigenvalue weighted by atomic mass is 79.9. The summed E-state index contributed by atoms with van der Waals surface area (Å²) in [7, 11) is 0. The lowest BCUT2D eigenvalue weighted by Gasteiger charge is -1.98. The largest absolute Gasteiger partial charge is 0.481 e. The summed E-state index contributed by atoms with van der Waals surface area (Å²) < 4.78 is 6.37. The fourth-order valence-corrected chi connectivity index (χ4v) is 2.56. The Bertz CT molecular complexity index is 595. The third-order valence-electron chi connectivity index (χ3n) is 2.61. The summed E-state index contributed by atoms with van der Waals surface area (Å²) in [4.78, 5) is 10.4. The van der Waals surface area contributed by atoms with Gasteiger partial charge in [0.2, 0.25) is 11.8 Å². The molecular weight excluding hydrogens is 348 g/mol. The number of aliphatic carboxylic acids is 1. The third kappa shape index (κ3) is 4.31. The standard InChI is InChI=1S/C13H12BrClN2O3/c14-9-5-8(6-10(15)7-9)13-17-16-11(20-13)3-1-2-4-12(18)19/h5-7H,1-4H2,(H,18,19). The van der Waals surface area contributed by atoms with Gasteiger partial charge in [0.05, 0.1) is 0 Å². The van der Waals surface area contributed by atoms with Crippen LogP contribution in [0.1, 0.15) is 25.2 Å². The number of hydrogen-bond donors (Lipinski definition) is 1. The first-order valence-corrected chi connectivity index (χ1v) is 7.22. The van der Waals surface area contributed by atoms with Crippen molar-refractivity contribution in [2.24, 2.45) is 0 Å². The average Bonchev–Trinajstić information content (AvgIpc) is 2.82. The Morgan fingerprint density at radius 3 is 2.80 bits per heavy atom. The summed E-state index contributed by atoms with van der Waals surface area (Å²) >= 11 is 9.32. The second kappa shape index (κ2) is 6.85. The fraction of sp³-hybridized carbons (Fsp3) is 0.308. The smallest absolute Gasteiger partial charge is 0.303 e. The molecule has 0 aliphatic carbocycles. The number of halogens is 2. The van der Waals surface area contributed by atoms with Crippen molar-refractivity contribution in [2.75, 3.05) is 0 Å². The van der Waals surface area contributed by atoms with Crippen molar-refractivity contribution in [3.05, 3.63) is 33.6 Å². The van der Waals surface area contributed by atoms with Gasteiger partial charge in [0, 0.05) is 27.9 Å². The molecule has 0 bridgehead atoms. The van der Waals surface area contributed by atoms with E-state index < -0.39 is 5.97 Å². The van der Waals surface area contributed by atoms with Gasteiger partial charge >= 0.3 is 5.97 Å². The van der Waals surface area contributed by atoms with Gasteiger partial charge in [-0.15, -0.1) is 10.2 Å². The SMILES string of the molecule is O=C(O)CCCCc1nnc(-c2cc(Cl)cc(Br)c2)o1. The Labute approximate surface area is 129 Å². The van der Waals surface area contributed by atoms with Crippen LogP contribution in [-0.2, 0) is 11.2 Å². The first-order chi connectivity index (χ1) is 9.54. The van der Waals surface area contributed by atoms with Crippen LogP contribution in [0.4, 0.5) is 0 Å². The van der Waals surface area contributed by atoms with Gasteiger partial charge in [-0.3, -0.25) is 4.79 Å². The molecule has 7 heteroatoms. The molecule has 1 aromatic carbocycles. The quantitative estimate of drug-likeness (QED) is 0.790. The van der Waals surface area contributed by atoms with Gasteiger partial charge in [0.1, 0.15) is 0 Å². The Morgan fingerprint density at radius 1 is 1.30 bits per heavy atom. The minimum Gasteiger partial charge on any atom is -0.481 e. The zero-order chi connectivity index (χ0) is 14.5. The van der Waals surface area contributed by atoms with Gasteiger partial charge in [0.25, 0.3) is 0 Å². The number of aryl methyl sites for hydroxylation is 1. The molecule has 0 radical (unpaired) electrons. The predicted molar refractivity (Wildman–Crippen MR) is 77.6 cm³/mol. The summed E-state index contributed by atoms with van der Waals surface area (Å²) in [6.45, 7) is 0. The molecule has 0 saturated carbocycles. The molecule has 1 N–H and O–H groups in total. The van der Waals surface area contributed by atoms with E-state index >= 15 is 0 Å². The average molecular weight is 360 g/mol. The van der Waals surface area contributed by atoms with E-state index in [0.717, 1.165) is 10.0 Å². The van der Waals surface area contributed by atoms with Gasteiger partial charge in [0.15, 0.2) is 0 Å². The third-order valence-corrected chi connectivity index (χ3v) is 3.28. The van der Waals surface area contributed by atoms with Crippen LogP contribution < -0.4 is 0 Å². The van der Waals surface area contributed by atoms with Crippen molar-refractivity contribution in [3.8, 4) is 11.5 Å². The van der Waals surface area contributed by atoms with Crippen molar-refractivity contribution in [1.82, 2.24) is 10.2 Å². The highest BCUT2D eigenvalue weighted by Crippen LogP contribution is 2.26. The molecule has 5 nitrogen and oxygen atoms in total. The van der Waals surface area contributed by atoms with Crippen molar-refractivity contribution < 1.29 is 14.3 Å². The van der Waals surface area contributed by atoms with Crippen LogP contribution in [0.15, 0.2) is 27.1 Å². The van der Waals surface area contributed by atoms with Crippen LogP contribution in [0.25, 0.3) is 11.5 Å². The maximum atomic E-state index is 10.4. The predicted octanol–water partition coefficient (Wildman–Crippen LogP) is 3.95. The van der Waals surface area contributed by atoms with Gasteiger partial charge in [-0.1, -0.05) is 27.5 Å². The maximum absolute atomic E-state index is 10.4. The van der Waals surface area contributed by atoms with Crippen LogP contribution in [0.5, 0.6) is 0 Å². The zero-order valence-electron chi connectivity index (χ0n) is 10.5. The number of carboxylic acid groups (broad SMARTS) is 1. The number of rotatable bonds is 6. The summed E-state index contributed by atoms with van der Waals surface area (Å²) in [5.74, 6) is 0.114. The Hall–Kier alpha value is -1.40. The molecule has 0 spiro atoms. The summed E-state index contributed by atoms with van der Waals surface area (Å²) in [5.41, 5.74) is 0.744. The van der Waals surface area contributed by atoms with Gasteiger partial charge in [-0.25, -0.2) is 0 Å². The molecule has 0 fully saturated rings. The number of aromatic nitrogens is 2. The molecule has 1 aromatic heterocycles. The molecule has 0 amide bonds. The van der Waals surface area contributed by atoms with Crippen molar-refractivity contribution in [3.63, 3.8) is 0 Å². The first-order valence-electron chi connectivity index (χ1n) is 6.05. The molecule has 20 heavy (non-hydrogen) atoms. The second-order valence-corrected chi connectivity index (χ2v) is 5.61. The van der Waals surface area contributed by atoms with Crippen LogP contribution in [0.3, 0.4) is 0 Å². The minimum atomic E-state index is -0.792. The number of carbonyl (C=O) groups is 1. The summed E-state index contributed by atoms with van der Waals surface area (Å²) in [6, 6.07) is 5.36. The van der Waals surface area contributed by atoms with E-state index in [-0.39, 0.29) is 6.42 Å². The van der Waals surface area contributed by atoms with Gasteiger partial charge < -0.3 is 9.52 Å². The number of nitrogens with zero attached hydrogens (tertiary/aromatic N) is 2. The van der Waals surface area contributed by atoms with E-state index in [1.165, 1.54) is 0 Å². The molecule has 0 saturated heterocycles.